The van der Waals surface area contributed by atoms with E-state index in [9.17, 15) is 4.79 Å². The summed E-state index contributed by atoms with van der Waals surface area (Å²) in [5.74, 6) is 1.09. The van der Waals surface area contributed by atoms with Gasteiger partial charge in [0.15, 0.2) is 0 Å². The molecule has 0 N–H and O–H groups in total. The van der Waals surface area contributed by atoms with Crippen molar-refractivity contribution in [1.29, 1.82) is 0 Å². The van der Waals surface area contributed by atoms with E-state index >= 15 is 0 Å². The summed E-state index contributed by atoms with van der Waals surface area (Å²) >= 11 is 0. The molecular formula is C21H23NO2. The van der Waals surface area contributed by atoms with Gasteiger partial charge in [-0.25, -0.2) is 0 Å². The number of hydrogen-bond acceptors (Lipinski definition) is 2. The van der Waals surface area contributed by atoms with E-state index < -0.39 is 0 Å². The molecular weight excluding hydrogens is 298 g/mol. The highest BCUT2D eigenvalue weighted by Crippen LogP contribution is 2.49. The largest absolute Gasteiger partial charge is 0.472 e. The van der Waals surface area contributed by atoms with Crippen LogP contribution in [0.1, 0.15) is 36.9 Å². The minimum atomic E-state index is 0.0760. The summed E-state index contributed by atoms with van der Waals surface area (Å²) in [6.07, 6.45) is 10.1. The van der Waals surface area contributed by atoms with Crippen molar-refractivity contribution in [1.82, 2.24) is 4.90 Å². The molecule has 0 spiro atoms. The minimum absolute atomic E-state index is 0.0760. The van der Waals surface area contributed by atoms with Crippen molar-refractivity contribution in [3.8, 4) is 0 Å². The molecule has 1 aromatic carbocycles. The van der Waals surface area contributed by atoms with E-state index in [0.717, 1.165) is 18.4 Å². The summed E-state index contributed by atoms with van der Waals surface area (Å²) in [7, 11) is 0. The van der Waals surface area contributed by atoms with Crippen LogP contribution in [0.25, 0.3) is 0 Å². The second-order valence-electron chi connectivity index (χ2n) is 6.89. The second-order valence-corrected chi connectivity index (χ2v) is 6.89. The fraction of sp³-hybridized carbons (Fsp3) is 0.381. The molecule has 1 amide bonds. The summed E-state index contributed by atoms with van der Waals surface area (Å²) in [4.78, 5) is 15.3. The highest BCUT2D eigenvalue weighted by molar-refractivity contribution is 5.83. The standard InChI is InChI=1S/C21H23NO2/c1-2-16-9-6-10-18-19(16)21(23)22(13-15-7-4-3-5-8-15)20(18)17-11-12-24-14-17/h3-8,10-12,14,16,18-20H,2,9,13H2,1H3/t16-,18+,19+,20+/m1/s1. The van der Waals surface area contributed by atoms with Crippen LogP contribution < -0.4 is 0 Å². The number of carbonyl (C=O) groups is 1. The lowest BCUT2D eigenvalue weighted by Crippen LogP contribution is -2.31. The average Bonchev–Trinajstić information content (AvgIpc) is 3.23. The van der Waals surface area contributed by atoms with Crippen LogP contribution in [-0.4, -0.2) is 10.8 Å². The summed E-state index contributed by atoms with van der Waals surface area (Å²) in [6.45, 7) is 2.85. The van der Waals surface area contributed by atoms with Gasteiger partial charge in [-0.3, -0.25) is 4.79 Å². The van der Waals surface area contributed by atoms with Crippen molar-refractivity contribution < 1.29 is 9.21 Å². The maximum atomic E-state index is 13.3. The SMILES string of the molecule is CC[C@@H]1CC=C[C@H]2[C@H]1C(=O)N(Cc1ccccc1)[C@H]2c1ccoc1. The Balaban J connectivity index is 1.72. The number of benzene rings is 1. The van der Waals surface area contributed by atoms with Crippen LogP contribution in [-0.2, 0) is 11.3 Å². The van der Waals surface area contributed by atoms with Gasteiger partial charge in [0.25, 0.3) is 0 Å². The third-order valence-electron chi connectivity index (χ3n) is 5.59. The molecule has 4 rings (SSSR count). The number of rotatable bonds is 4. The first-order chi connectivity index (χ1) is 11.8. The number of likely N-dealkylation sites (tertiary alicyclic amines) is 1. The van der Waals surface area contributed by atoms with Crippen molar-refractivity contribution in [2.24, 2.45) is 17.8 Å². The molecule has 1 aromatic heterocycles. The van der Waals surface area contributed by atoms with Gasteiger partial charge in [0.2, 0.25) is 5.91 Å². The van der Waals surface area contributed by atoms with Crippen molar-refractivity contribution in [3.05, 3.63) is 72.2 Å². The number of fused-ring (bicyclic) bond motifs is 1. The molecule has 1 aliphatic heterocycles. The Kier molecular flexibility index (Phi) is 4.01. The van der Waals surface area contributed by atoms with Gasteiger partial charge in [-0.1, -0.05) is 55.8 Å². The number of carbonyl (C=O) groups excluding carboxylic acids is 1. The summed E-state index contributed by atoms with van der Waals surface area (Å²) in [5.41, 5.74) is 2.28. The molecule has 24 heavy (non-hydrogen) atoms. The highest BCUT2D eigenvalue weighted by atomic mass is 16.3. The molecule has 0 unspecified atom stereocenters. The molecule has 4 atom stereocenters. The predicted molar refractivity (Wildman–Crippen MR) is 93.0 cm³/mol. The Bertz CT molecular complexity index is 720. The Morgan fingerprint density at radius 3 is 2.75 bits per heavy atom. The number of hydrogen-bond donors (Lipinski definition) is 0. The Hall–Kier alpha value is -2.29. The fourth-order valence-corrected chi connectivity index (χ4v) is 4.42. The fourth-order valence-electron chi connectivity index (χ4n) is 4.42. The third-order valence-corrected chi connectivity index (χ3v) is 5.59. The molecule has 124 valence electrons. The van der Waals surface area contributed by atoms with Gasteiger partial charge < -0.3 is 9.32 Å². The van der Waals surface area contributed by atoms with Crippen LogP contribution in [0.4, 0.5) is 0 Å². The summed E-state index contributed by atoms with van der Waals surface area (Å²) < 4.78 is 5.33. The predicted octanol–water partition coefficient (Wildman–Crippen LogP) is 4.58. The van der Waals surface area contributed by atoms with Crippen LogP contribution in [0.15, 0.2) is 65.5 Å². The number of amides is 1. The molecule has 3 heteroatoms. The van der Waals surface area contributed by atoms with E-state index in [1.165, 1.54) is 5.56 Å². The van der Waals surface area contributed by atoms with Crippen LogP contribution in [0, 0.1) is 17.8 Å². The normalized spacial score (nSPS) is 29.0. The Labute approximate surface area is 143 Å². The lowest BCUT2D eigenvalue weighted by atomic mass is 9.73. The smallest absolute Gasteiger partial charge is 0.227 e. The lowest BCUT2D eigenvalue weighted by Gasteiger charge is -2.29. The molecule has 2 aliphatic rings. The van der Waals surface area contributed by atoms with E-state index in [4.69, 9.17) is 4.42 Å². The number of allylic oxidation sites excluding steroid dienone is 1. The zero-order chi connectivity index (χ0) is 16.5. The summed E-state index contributed by atoms with van der Waals surface area (Å²) in [5, 5.41) is 0. The third kappa shape index (κ3) is 2.48. The molecule has 0 saturated carbocycles. The van der Waals surface area contributed by atoms with E-state index in [-0.39, 0.29) is 17.9 Å². The second kappa shape index (κ2) is 6.31. The monoisotopic (exact) mass is 321 g/mol. The van der Waals surface area contributed by atoms with E-state index in [1.807, 2.05) is 24.3 Å². The molecule has 1 fully saturated rings. The Morgan fingerprint density at radius 1 is 1.21 bits per heavy atom. The molecule has 2 heterocycles. The van der Waals surface area contributed by atoms with Crippen LogP contribution in [0.2, 0.25) is 0 Å². The van der Waals surface area contributed by atoms with E-state index in [0.29, 0.717) is 18.4 Å². The van der Waals surface area contributed by atoms with Gasteiger partial charge in [0, 0.05) is 23.9 Å². The van der Waals surface area contributed by atoms with Gasteiger partial charge in [-0.05, 0) is 24.0 Å². The maximum Gasteiger partial charge on any atom is 0.227 e. The molecule has 1 aliphatic carbocycles. The topological polar surface area (TPSA) is 33.5 Å². The van der Waals surface area contributed by atoms with Gasteiger partial charge in [-0.2, -0.15) is 0 Å². The minimum Gasteiger partial charge on any atom is -0.472 e. The van der Waals surface area contributed by atoms with Crippen LogP contribution in [0.5, 0.6) is 0 Å². The highest BCUT2D eigenvalue weighted by Gasteiger charge is 2.51. The quantitative estimate of drug-likeness (QED) is 0.772. The zero-order valence-electron chi connectivity index (χ0n) is 14.0. The first-order valence-electron chi connectivity index (χ1n) is 8.82. The van der Waals surface area contributed by atoms with E-state index in [1.54, 1.807) is 12.5 Å². The number of nitrogens with zero attached hydrogens (tertiary/aromatic N) is 1. The van der Waals surface area contributed by atoms with Crippen LogP contribution in [0.3, 0.4) is 0 Å². The molecule has 0 radical (unpaired) electrons. The van der Waals surface area contributed by atoms with Gasteiger partial charge in [0.05, 0.1) is 18.6 Å². The molecule has 2 aromatic rings. The van der Waals surface area contributed by atoms with Gasteiger partial charge >= 0.3 is 0 Å². The number of furan rings is 1. The van der Waals surface area contributed by atoms with Gasteiger partial charge in [0.1, 0.15) is 0 Å². The van der Waals surface area contributed by atoms with Gasteiger partial charge in [-0.15, -0.1) is 0 Å². The Morgan fingerprint density at radius 2 is 2.04 bits per heavy atom. The van der Waals surface area contributed by atoms with Crippen molar-refractivity contribution in [2.45, 2.75) is 32.4 Å². The lowest BCUT2D eigenvalue weighted by molar-refractivity contribution is -0.134. The first-order valence-corrected chi connectivity index (χ1v) is 8.82. The van der Waals surface area contributed by atoms with E-state index in [2.05, 4.69) is 36.1 Å². The summed E-state index contributed by atoms with van der Waals surface area (Å²) in [6, 6.07) is 12.3. The molecule has 1 saturated heterocycles. The van der Waals surface area contributed by atoms with Crippen LogP contribution >= 0.6 is 0 Å². The van der Waals surface area contributed by atoms with Crippen molar-refractivity contribution in [3.63, 3.8) is 0 Å². The van der Waals surface area contributed by atoms with Crippen molar-refractivity contribution >= 4 is 5.91 Å². The molecule has 0 bridgehead atoms. The van der Waals surface area contributed by atoms with Crippen molar-refractivity contribution in [2.75, 3.05) is 0 Å². The average molecular weight is 321 g/mol. The maximum absolute atomic E-state index is 13.3. The molecule has 3 nitrogen and oxygen atoms in total. The zero-order valence-corrected chi connectivity index (χ0v) is 14.0. The first kappa shape index (κ1) is 15.3.